The summed E-state index contributed by atoms with van der Waals surface area (Å²) in [6.45, 7) is 4.14. The molecule has 8 nitrogen and oxygen atoms in total. The number of benzene rings is 1. The smallest absolute Gasteiger partial charge is 0.338 e. The van der Waals surface area contributed by atoms with Crippen molar-refractivity contribution in [3.8, 4) is 0 Å². The molecule has 0 aliphatic rings. The first-order valence-corrected chi connectivity index (χ1v) is 8.58. The van der Waals surface area contributed by atoms with Crippen LogP contribution in [0, 0.1) is 6.92 Å². The Balaban J connectivity index is 1.70. The lowest BCUT2D eigenvalue weighted by molar-refractivity contribution is -0.119. The van der Waals surface area contributed by atoms with E-state index in [-0.39, 0.29) is 11.4 Å². The lowest BCUT2D eigenvalue weighted by Crippen LogP contribution is -2.24. The van der Waals surface area contributed by atoms with Gasteiger partial charge in [0.05, 0.1) is 18.3 Å². The van der Waals surface area contributed by atoms with Crippen LogP contribution >= 0.6 is 11.6 Å². The van der Waals surface area contributed by atoms with E-state index in [1.165, 1.54) is 17.1 Å². The summed E-state index contributed by atoms with van der Waals surface area (Å²) >= 11 is 6.18. The maximum Gasteiger partial charge on any atom is 0.338 e. The number of rotatable bonds is 6. The quantitative estimate of drug-likeness (QED) is 0.677. The minimum atomic E-state index is -1.10. The van der Waals surface area contributed by atoms with E-state index in [1.807, 2.05) is 31.2 Å². The van der Waals surface area contributed by atoms with Crippen molar-refractivity contribution in [3.63, 3.8) is 0 Å². The van der Waals surface area contributed by atoms with Gasteiger partial charge < -0.3 is 10.4 Å². The fourth-order valence-corrected chi connectivity index (χ4v) is 2.76. The number of hydrogen-bond donors (Lipinski definition) is 2. The highest BCUT2D eigenvalue weighted by Crippen LogP contribution is 2.21. The van der Waals surface area contributed by atoms with Crippen molar-refractivity contribution in [2.75, 3.05) is 5.32 Å². The number of carboxylic acids is 1. The van der Waals surface area contributed by atoms with Crippen molar-refractivity contribution in [1.82, 2.24) is 19.6 Å². The monoisotopic (exact) mass is 387 g/mol. The van der Waals surface area contributed by atoms with Crippen molar-refractivity contribution in [2.45, 2.75) is 26.4 Å². The number of amides is 1. The van der Waals surface area contributed by atoms with Crippen LogP contribution in [-0.4, -0.2) is 36.5 Å². The second kappa shape index (κ2) is 7.63. The minimum Gasteiger partial charge on any atom is -0.478 e. The Labute approximate surface area is 160 Å². The van der Waals surface area contributed by atoms with Gasteiger partial charge in [-0.05, 0) is 19.4 Å². The molecule has 1 atom stereocenters. The highest BCUT2D eigenvalue weighted by atomic mass is 35.5. The molecule has 3 aromatic rings. The fourth-order valence-electron chi connectivity index (χ4n) is 2.56. The molecule has 0 aliphatic heterocycles. The molecule has 3 rings (SSSR count). The molecule has 0 saturated carbocycles. The van der Waals surface area contributed by atoms with Gasteiger partial charge in [-0.15, -0.1) is 0 Å². The summed E-state index contributed by atoms with van der Waals surface area (Å²) in [5, 5.41) is 20.1. The van der Waals surface area contributed by atoms with Gasteiger partial charge in [-0.1, -0.05) is 41.4 Å². The van der Waals surface area contributed by atoms with Crippen LogP contribution in [0.2, 0.25) is 5.02 Å². The summed E-state index contributed by atoms with van der Waals surface area (Å²) < 4.78 is 2.92. The number of nitrogens with zero attached hydrogens (tertiary/aromatic N) is 4. The Kier molecular flexibility index (Phi) is 5.27. The van der Waals surface area contributed by atoms with E-state index >= 15 is 0 Å². The number of anilines is 1. The lowest BCUT2D eigenvalue weighted by atomic mass is 10.1. The van der Waals surface area contributed by atoms with E-state index < -0.39 is 17.9 Å². The molecule has 1 unspecified atom stereocenters. The summed E-state index contributed by atoms with van der Waals surface area (Å²) in [6, 6.07) is 7.29. The minimum absolute atomic E-state index is 0.00937. The molecule has 0 spiro atoms. The summed E-state index contributed by atoms with van der Waals surface area (Å²) in [4.78, 5) is 23.4. The van der Waals surface area contributed by atoms with Gasteiger partial charge in [0, 0.05) is 12.4 Å². The van der Waals surface area contributed by atoms with Crippen molar-refractivity contribution in [2.24, 2.45) is 0 Å². The first-order valence-electron chi connectivity index (χ1n) is 8.20. The third kappa shape index (κ3) is 4.35. The van der Waals surface area contributed by atoms with Crippen molar-refractivity contribution in [3.05, 3.63) is 64.6 Å². The number of carboxylic acid groups (broad SMARTS) is 1. The molecule has 2 heterocycles. The normalized spacial score (nSPS) is 12.0. The summed E-state index contributed by atoms with van der Waals surface area (Å²) in [6.07, 6.45) is 4.13. The molecule has 9 heteroatoms. The standard InChI is InChI=1S/C18H18ClN5O3/c1-11-4-3-5-13(6-11)8-23-10-15(19)16(22-23)21-17(25)12(2)24-9-14(7-20-24)18(26)27/h3-7,9-10,12H,8H2,1-2H3,(H,26,27)(H,21,22,25). The van der Waals surface area contributed by atoms with Crippen LogP contribution in [-0.2, 0) is 11.3 Å². The molecule has 0 bridgehead atoms. The topological polar surface area (TPSA) is 102 Å². The second-order valence-electron chi connectivity index (χ2n) is 6.19. The average molecular weight is 388 g/mol. The van der Waals surface area contributed by atoms with Crippen LogP contribution in [0.4, 0.5) is 5.82 Å². The van der Waals surface area contributed by atoms with Gasteiger partial charge in [-0.2, -0.15) is 10.2 Å². The van der Waals surface area contributed by atoms with E-state index in [4.69, 9.17) is 16.7 Å². The molecular formula is C18H18ClN5O3. The zero-order valence-electron chi connectivity index (χ0n) is 14.8. The number of carbonyl (C=O) groups excluding carboxylic acids is 1. The van der Waals surface area contributed by atoms with Crippen molar-refractivity contribution >= 4 is 29.3 Å². The number of nitrogens with one attached hydrogen (secondary N) is 1. The van der Waals surface area contributed by atoms with Crippen LogP contribution in [0.25, 0.3) is 0 Å². The second-order valence-corrected chi connectivity index (χ2v) is 6.60. The molecule has 140 valence electrons. The predicted octanol–water partition coefficient (Wildman–Crippen LogP) is 2.99. The highest BCUT2D eigenvalue weighted by molar-refractivity contribution is 6.33. The molecule has 0 fully saturated rings. The van der Waals surface area contributed by atoms with Gasteiger partial charge in [-0.25, -0.2) is 4.79 Å². The summed E-state index contributed by atoms with van der Waals surface area (Å²) in [5.41, 5.74) is 2.22. The predicted molar refractivity (Wildman–Crippen MR) is 100 cm³/mol. The Morgan fingerprint density at radius 2 is 2.11 bits per heavy atom. The highest BCUT2D eigenvalue weighted by Gasteiger charge is 2.20. The first-order chi connectivity index (χ1) is 12.8. The van der Waals surface area contributed by atoms with Gasteiger partial charge in [-0.3, -0.25) is 14.2 Å². The molecule has 2 aromatic heterocycles. The summed E-state index contributed by atoms with van der Waals surface area (Å²) in [7, 11) is 0. The Bertz CT molecular complexity index is 995. The molecule has 2 N–H and O–H groups in total. The number of aromatic carboxylic acids is 1. The van der Waals surface area contributed by atoms with Crippen molar-refractivity contribution < 1.29 is 14.7 Å². The molecule has 0 aliphatic carbocycles. The Morgan fingerprint density at radius 1 is 1.33 bits per heavy atom. The molecule has 0 saturated heterocycles. The molecular weight excluding hydrogens is 370 g/mol. The number of aromatic nitrogens is 4. The number of aryl methyl sites for hydroxylation is 1. The maximum atomic E-state index is 12.4. The van der Waals surface area contributed by atoms with Crippen LogP contribution in [0.3, 0.4) is 0 Å². The average Bonchev–Trinajstić information content (AvgIpc) is 3.22. The van der Waals surface area contributed by atoms with Gasteiger partial charge in [0.15, 0.2) is 5.82 Å². The third-order valence-electron chi connectivity index (χ3n) is 4.01. The van der Waals surface area contributed by atoms with E-state index in [9.17, 15) is 9.59 Å². The number of hydrogen-bond acceptors (Lipinski definition) is 4. The zero-order chi connectivity index (χ0) is 19.6. The van der Waals surface area contributed by atoms with Crippen LogP contribution in [0.1, 0.15) is 34.5 Å². The van der Waals surface area contributed by atoms with Gasteiger partial charge in [0.1, 0.15) is 11.1 Å². The Morgan fingerprint density at radius 3 is 2.78 bits per heavy atom. The first kappa shape index (κ1) is 18.7. The molecule has 1 aromatic carbocycles. The maximum absolute atomic E-state index is 12.4. The molecule has 27 heavy (non-hydrogen) atoms. The van der Waals surface area contributed by atoms with Gasteiger partial charge in [0.25, 0.3) is 0 Å². The molecule has 0 radical (unpaired) electrons. The van der Waals surface area contributed by atoms with Crippen LogP contribution in [0.5, 0.6) is 0 Å². The largest absolute Gasteiger partial charge is 0.478 e. The van der Waals surface area contributed by atoms with Crippen molar-refractivity contribution in [1.29, 1.82) is 0 Å². The Hall–Kier alpha value is -3.13. The van der Waals surface area contributed by atoms with E-state index in [0.29, 0.717) is 11.6 Å². The zero-order valence-corrected chi connectivity index (χ0v) is 15.5. The summed E-state index contributed by atoms with van der Waals surface area (Å²) in [5.74, 6) is -1.27. The van der Waals surface area contributed by atoms with Crippen LogP contribution in [0.15, 0.2) is 42.9 Å². The number of halogens is 1. The van der Waals surface area contributed by atoms with E-state index in [1.54, 1.807) is 17.8 Å². The van der Waals surface area contributed by atoms with Gasteiger partial charge >= 0.3 is 5.97 Å². The van der Waals surface area contributed by atoms with Crippen LogP contribution < -0.4 is 5.32 Å². The van der Waals surface area contributed by atoms with E-state index in [0.717, 1.165) is 11.1 Å². The number of carbonyl (C=O) groups is 2. The van der Waals surface area contributed by atoms with Gasteiger partial charge in [0.2, 0.25) is 5.91 Å². The fraction of sp³-hybridized carbons (Fsp3) is 0.222. The third-order valence-corrected chi connectivity index (χ3v) is 4.29. The van der Waals surface area contributed by atoms with E-state index in [2.05, 4.69) is 15.5 Å². The molecule has 1 amide bonds. The lowest BCUT2D eigenvalue weighted by Gasteiger charge is -2.11. The SMILES string of the molecule is Cc1cccc(Cn2cc(Cl)c(NC(=O)C(C)n3cc(C(=O)O)cn3)n2)c1.